The van der Waals surface area contributed by atoms with Gasteiger partial charge in [-0.05, 0) is 92.8 Å². The minimum atomic E-state index is -0.797. The van der Waals surface area contributed by atoms with Crippen LogP contribution in [0.2, 0.25) is 0 Å². The second kappa shape index (κ2) is 16.6. The van der Waals surface area contributed by atoms with Gasteiger partial charge in [0.1, 0.15) is 23.3 Å². The van der Waals surface area contributed by atoms with Gasteiger partial charge in [0.05, 0.1) is 35.9 Å². The van der Waals surface area contributed by atoms with E-state index in [0.29, 0.717) is 25.8 Å². The number of likely N-dealkylation sites (tertiary alicyclic amines) is 2. The predicted octanol–water partition coefficient (Wildman–Crippen LogP) is 8.20. The van der Waals surface area contributed by atoms with Crippen molar-refractivity contribution >= 4 is 17.9 Å². The molecule has 12 heteroatoms. The highest BCUT2D eigenvalue weighted by atomic mass is 16.6. The first-order chi connectivity index (χ1) is 28.1. The number of ether oxygens (including phenoxy) is 1. The van der Waals surface area contributed by atoms with E-state index in [0.717, 1.165) is 96.2 Å². The molecule has 3 aliphatic rings. The van der Waals surface area contributed by atoms with Crippen LogP contribution in [0.5, 0.6) is 0 Å². The Kier molecular flexibility index (Phi) is 11.2. The van der Waals surface area contributed by atoms with Crippen molar-refractivity contribution in [2.45, 2.75) is 89.4 Å². The number of benzene rings is 3. The lowest BCUT2D eigenvalue weighted by molar-refractivity contribution is -0.138. The third-order valence-electron chi connectivity index (χ3n) is 12.5. The van der Waals surface area contributed by atoms with Gasteiger partial charge in [0.25, 0.3) is 0 Å². The zero-order valence-electron chi connectivity index (χ0n) is 33.7. The van der Waals surface area contributed by atoms with Gasteiger partial charge in [0.2, 0.25) is 11.8 Å². The lowest BCUT2D eigenvalue weighted by atomic mass is 10.0. The summed E-state index contributed by atoms with van der Waals surface area (Å²) >= 11 is 0. The number of H-pyrrole nitrogens is 2. The standard InChI is InChI=1S/C46H54N8O4/c1-4-52(5-2)40(34-11-7-6-8-12-34)44(56)54-26-10-14-39(54)42-49-29-37(51-42)33-21-17-31(18-22-33)30-15-19-32(20-16-30)36-28-48-41(50-36)38-13-9-25-53(38)43(55)35-23-24-46(3,27-35)58-45(47)57/h6-8,11-12,15-22,28-29,35,38-40H,4-5,9-10,13-14,23-27H2,1-3H3,(H2,47,57)(H,48,50)(H,49,51)/t35-,38+,39+,40-,46+/m1/s1. The first kappa shape index (κ1) is 39.1. The number of primary amides is 1. The molecule has 1 saturated carbocycles. The molecule has 8 rings (SSSR count). The number of rotatable bonds is 12. The molecule has 58 heavy (non-hydrogen) atoms. The number of carbonyl (C=O) groups is 3. The Morgan fingerprint density at radius 2 is 1.29 bits per heavy atom. The van der Waals surface area contributed by atoms with Gasteiger partial charge in [-0.1, -0.05) is 92.7 Å². The average Bonchev–Trinajstić information content (AvgIpc) is 4.10. The highest BCUT2D eigenvalue weighted by Crippen LogP contribution is 2.42. The van der Waals surface area contributed by atoms with Crippen molar-refractivity contribution in [1.29, 1.82) is 0 Å². The lowest BCUT2D eigenvalue weighted by Crippen LogP contribution is -2.43. The van der Waals surface area contributed by atoms with E-state index in [2.05, 4.69) is 89.4 Å². The van der Waals surface area contributed by atoms with Gasteiger partial charge >= 0.3 is 6.09 Å². The number of aromatic nitrogens is 4. The molecule has 2 aromatic heterocycles. The molecule has 0 spiro atoms. The molecular formula is C46H54N8O4. The summed E-state index contributed by atoms with van der Waals surface area (Å²) < 4.78 is 5.35. The van der Waals surface area contributed by atoms with Crippen LogP contribution in [-0.2, 0) is 14.3 Å². The van der Waals surface area contributed by atoms with Crippen molar-refractivity contribution in [1.82, 2.24) is 34.6 Å². The molecule has 2 saturated heterocycles. The van der Waals surface area contributed by atoms with Crippen LogP contribution in [0, 0.1) is 5.92 Å². The molecule has 3 amide bonds. The molecule has 0 unspecified atom stereocenters. The fraction of sp³-hybridized carbons (Fsp3) is 0.413. The summed E-state index contributed by atoms with van der Waals surface area (Å²) in [5.74, 6) is 1.65. The second-order valence-corrected chi connectivity index (χ2v) is 16.2. The number of nitrogens with two attached hydrogens (primary N) is 1. The molecule has 4 heterocycles. The molecule has 5 atom stereocenters. The number of imidazole rings is 2. The van der Waals surface area contributed by atoms with Gasteiger partial charge in [0.15, 0.2) is 0 Å². The Bertz CT molecular complexity index is 2210. The van der Waals surface area contributed by atoms with Crippen molar-refractivity contribution in [3.63, 3.8) is 0 Å². The highest BCUT2D eigenvalue weighted by Gasteiger charge is 2.45. The third kappa shape index (κ3) is 7.90. The monoisotopic (exact) mass is 782 g/mol. The zero-order valence-corrected chi connectivity index (χ0v) is 33.7. The summed E-state index contributed by atoms with van der Waals surface area (Å²) in [5.41, 5.74) is 11.7. The second-order valence-electron chi connectivity index (χ2n) is 16.2. The zero-order chi connectivity index (χ0) is 40.4. The van der Waals surface area contributed by atoms with Crippen molar-refractivity contribution in [2.24, 2.45) is 11.7 Å². The molecule has 0 bridgehead atoms. The maximum Gasteiger partial charge on any atom is 0.405 e. The third-order valence-corrected chi connectivity index (χ3v) is 12.5. The smallest absolute Gasteiger partial charge is 0.405 e. The number of amides is 3. The molecule has 2 aliphatic heterocycles. The summed E-state index contributed by atoms with van der Waals surface area (Å²) in [6, 6.07) is 26.5. The van der Waals surface area contributed by atoms with Crippen LogP contribution in [0.25, 0.3) is 33.6 Å². The van der Waals surface area contributed by atoms with E-state index in [4.69, 9.17) is 20.4 Å². The fourth-order valence-corrected chi connectivity index (χ4v) is 9.50. The summed E-state index contributed by atoms with van der Waals surface area (Å²) in [4.78, 5) is 62.1. The van der Waals surface area contributed by atoms with Crippen molar-refractivity contribution in [2.75, 3.05) is 26.2 Å². The largest absolute Gasteiger partial charge is 0.443 e. The molecule has 0 radical (unpaired) electrons. The average molecular weight is 783 g/mol. The molecule has 1 aliphatic carbocycles. The van der Waals surface area contributed by atoms with Crippen LogP contribution >= 0.6 is 0 Å². The summed E-state index contributed by atoms with van der Waals surface area (Å²) in [6.07, 6.45) is 8.29. The number of aromatic amines is 2. The number of likely N-dealkylation sites (N-methyl/N-ethyl adjacent to an activating group) is 1. The topological polar surface area (TPSA) is 154 Å². The summed E-state index contributed by atoms with van der Waals surface area (Å²) in [7, 11) is 0. The fourth-order valence-electron chi connectivity index (χ4n) is 9.50. The lowest BCUT2D eigenvalue weighted by Gasteiger charge is -2.34. The van der Waals surface area contributed by atoms with Crippen molar-refractivity contribution in [3.8, 4) is 33.6 Å². The molecule has 4 N–H and O–H groups in total. The van der Waals surface area contributed by atoms with Gasteiger partial charge in [0, 0.05) is 19.0 Å². The van der Waals surface area contributed by atoms with E-state index >= 15 is 0 Å². The normalized spacial score (nSPS) is 22.4. The SMILES string of the molecule is CCN(CC)[C@@H](C(=O)N1CCC[C@H]1c1ncc(-c2ccc(-c3ccc(-c4cnc([C@@H]5CCCN5C(=O)[C@@H]5CC[C@](C)(OC(N)=O)C5)[nH]4)cc3)cc2)[nH]1)c1ccccc1. The van der Waals surface area contributed by atoms with Crippen LogP contribution in [0.15, 0.2) is 91.3 Å². The number of hydrogen-bond acceptors (Lipinski definition) is 7. The number of nitrogens with zero attached hydrogens (tertiary/aromatic N) is 5. The van der Waals surface area contributed by atoms with Crippen molar-refractivity contribution in [3.05, 3.63) is 108 Å². The molecule has 3 fully saturated rings. The van der Waals surface area contributed by atoms with Crippen LogP contribution in [0.4, 0.5) is 4.79 Å². The molecule has 12 nitrogen and oxygen atoms in total. The van der Waals surface area contributed by atoms with E-state index < -0.39 is 11.7 Å². The minimum absolute atomic E-state index is 0.0914. The number of carbonyl (C=O) groups excluding carboxylic acids is 3. The number of hydrogen-bond donors (Lipinski definition) is 3. The minimum Gasteiger partial charge on any atom is -0.443 e. The van der Waals surface area contributed by atoms with Gasteiger partial charge in [-0.2, -0.15) is 0 Å². The highest BCUT2D eigenvalue weighted by molar-refractivity contribution is 5.84. The van der Waals surface area contributed by atoms with Gasteiger partial charge in [-0.15, -0.1) is 0 Å². The van der Waals surface area contributed by atoms with Gasteiger partial charge < -0.3 is 30.2 Å². The Morgan fingerprint density at radius 3 is 1.83 bits per heavy atom. The van der Waals surface area contributed by atoms with Gasteiger partial charge in [-0.3, -0.25) is 14.5 Å². The summed E-state index contributed by atoms with van der Waals surface area (Å²) in [5, 5.41) is 0. The van der Waals surface area contributed by atoms with E-state index in [1.807, 2.05) is 47.3 Å². The van der Waals surface area contributed by atoms with E-state index in [9.17, 15) is 14.4 Å². The van der Waals surface area contributed by atoms with Crippen LogP contribution in [-0.4, -0.2) is 84.3 Å². The summed E-state index contributed by atoms with van der Waals surface area (Å²) in [6.45, 7) is 9.07. The van der Waals surface area contributed by atoms with Crippen LogP contribution in [0.3, 0.4) is 0 Å². The van der Waals surface area contributed by atoms with Gasteiger partial charge in [-0.25, -0.2) is 14.8 Å². The molecule has 5 aromatic rings. The van der Waals surface area contributed by atoms with Crippen LogP contribution < -0.4 is 5.73 Å². The quantitative estimate of drug-likeness (QED) is 0.115. The first-order valence-electron chi connectivity index (χ1n) is 20.8. The predicted molar refractivity (Wildman–Crippen MR) is 223 cm³/mol. The Hall–Kier alpha value is -5.75. The maximum atomic E-state index is 14.2. The maximum absolute atomic E-state index is 14.2. The molecular weight excluding hydrogens is 729 g/mol. The Balaban J connectivity index is 0.913. The van der Waals surface area contributed by atoms with Crippen LogP contribution in [0.1, 0.15) is 101 Å². The first-order valence-corrected chi connectivity index (χ1v) is 20.8. The number of nitrogens with one attached hydrogen (secondary N) is 2. The van der Waals surface area contributed by atoms with E-state index in [-0.39, 0.29) is 35.9 Å². The van der Waals surface area contributed by atoms with E-state index in [1.54, 1.807) is 0 Å². The Labute approximate surface area is 340 Å². The van der Waals surface area contributed by atoms with E-state index in [1.165, 1.54) is 0 Å². The Morgan fingerprint density at radius 1 is 0.776 bits per heavy atom. The molecule has 3 aromatic carbocycles. The van der Waals surface area contributed by atoms with Crippen molar-refractivity contribution < 1.29 is 19.1 Å². The molecule has 302 valence electrons.